The standard InChI is InChI=1S/C15H13BrN2O2/c1-19-12-4-2-10(3-5-12)9-20-15-7-14-11(6-13(15)16)8-17-18-14/h2-8H,9H2,1H3,(H,17,18). The summed E-state index contributed by atoms with van der Waals surface area (Å²) in [6.45, 7) is 0.502. The van der Waals surface area contributed by atoms with Gasteiger partial charge in [0.1, 0.15) is 18.1 Å². The van der Waals surface area contributed by atoms with Crippen LogP contribution in [0.2, 0.25) is 0 Å². The van der Waals surface area contributed by atoms with Gasteiger partial charge in [-0.1, -0.05) is 12.1 Å². The summed E-state index contributed by atoms with van der Waals surface area (Å²) in [5.41, 5.74) is 2.04. The Labute approximate surface area is 124 Å². The molecule has 3 aromatic rings. The Balaban J connectivity index is 1.76. The van der Waals surface area contributed by atoms with Crippen LogP contribution in [0.15, 0.2) is 47.1 Å². The van der Waals surface area contributed by atoms with Crippen LogP contribution in [0, 0.1) is 0 Å². The van der Waals surface area contributed by atoms with Crippen LogP contribution in [0.1, 0.15) is 5.56 Å². The lowest BCUT2D eigenvalue weighted by molar-refractivity contribution is 0.304. The van der Waals surface area contributed by atoms with Crippen LogP contribution in [0.3, 0.4) is 0 Å². The second kappa shape index (κ2) is 5.54. The van der Waals surface area contributed by atoms with E-state index in [0.717, 1.165) is 32.4 Å². The van der Waals surface area contributed by atoms with Crippen molar-refractivity contribution in [2.75, 3.05) is 7.11 Å². The summed E-state index contributed by atoms with van der Waals surface area (Å²) >= 11 is 3.51. The molecular formula is C15H13BrN2O2. The smallest absolute Gasteiger partial charge is 0.136 e. The lowest BCUT2D eigenvalue weighted by Gasteiger charge is -2.09. The Morgan fingerprint density at radius 1 is 1.20 bits per heavy atom. The van der Waals surface area contributed by atoms with Crippen molar-refractivity contribution >= 4 is 26.8 Å². The number of rotatable bonds is 4. The molecule has 102 valence electrons. The van der Waals surface area contributed by atoms with Gasteiger partial charge in [-0.05, 0) is 39.7 Å². The van der Waals surface area contributed by atoms with Crippen LogP contribution in [-0.2, 0) is 6.61 Å². The third kappa shape index (κ3) is 2.63. The molecule has 0 saturated carbocycles. The van der Waals surface area contributed by atoms with Crippen molar-refractivity contribution in [3.05, 3.63) is 52.6 Å². The highest BCUT2D eigenvalue weighted by atomic mass is 79.9. The average molecular weight is 333 g/mol. The molecule has 4 nitrogen and oxygen atoms in total. The molecule has 5 heteroatoms. The Kier molecular flexibility index (Phi) is 3.60. The van der Waals surface area contributed by atoms with Crippen molar-refractivity contribution in [2.24, 2.45) is 0 Å². The largest absolute Gasteiger partial charge is 0.497 e. The molecular weight excluding hydrogens is 320 g/mol. The Morgan fingerprint density at radius 2 is 2.00 bits per heavy atom. The number of H-pyrrole nitrogens is 1. The zero-order valence-electron chi connectivity index (χ0n) is 10.9. The first-order chi connectivity index (χ1) is 9.76. The zero-order chi connectivity index (χ0) is 13.9. The molecule has 0 aliphatic heterocycles. The van der Waals surface area contributed by atoms with Crippen LogP contribution < -0.4 is 9.47 Å². The van der Waals surface area contributed by atoms with Crippen LogP contribution in [0.25, 0.3) is 10.9 Å². The first kappa shape index (κ1) is 13.0. The third-order valence-electron chi connectivity index (χ3n) is 3.05. The minimum absolute atomic E-state index is 0.502. The second-order valence-electron chi connectivity index (χ2n) is 4.38. The molecule has 1 heterocycles. The third-order valence-corrected chi connectivity index (χ3v) is 3.67. The first-order valence-corrected chi connectivity index (χ1v) is 6.94. The Bertz CT molecular complexity index is 722. The monoisotopic (exact) mass is 332 g/mol. The number of aromatic nitrogens is 2. The molecule has 1 aromatic heterocycles. The zero-order valence-corrected chi connectivity index (χ0v) is 12.5. The maximum atomic E-state index is 5.84. The summed E-state index contributed by atoms with van der Waals surface area (Å²) in [4.78, 5) is 0. The number of methoxy groups -OCH3 is 1. The molecule has 0 atom stereocenters. The molecule has 0 radical (unpaired) electrons. The summed E-state index contributed by atoms with van der Waals surface area (Å²) in [5.74, 6) is 1.63. The number of hydrogen-bond acceptors (Lipinski definition) is 3. The highest BCUT2D eigenvalue weighted by Crippen LogP contribution is 2.30. The van der Waals surface area contributed by atoms with Crippen molar-refractivity contribution in [1.82, 2.24) is 10.2 Å². The van der Waals surface area contributed by atoms with Crippen LogP contribution in [0.5, 0.6) is 11.5 Å². The molecule has 0 fully saturated rings. The van der Waals surface area contributed by atoms with Crippen LogP contribution >= 0.6 is 15.9 Å². The van der Waals surface area contributed by atoms with Gasteiger partial charge in [0.05, 0.1) is 23.3 Å². The number of halogens is 1. The number of ether oxygens (including phenoxy) is 2. The van der Waals surface area contributed by atoms with Gasteiger partial charge in [0.25, 0.3) is 0 Å². The van der Waals surface area contributed by atoms with E-state index in [-0.39, 0.29) is 0 Å². The van der Waals surface area contributed by atoms with Crippen molar-refractivity contribution in [1.29, 1.82) is 0 Å². The molecule has 20 heavy (non-hydrogen) atoms. The van der Waals surface area contributed by atoms with E-state index >= 15 is 0 Å². The Hall–Kier alpha value is -2.01. The molecule has 0 bridgehead atoms. The van der Waals surface area contributed by atoms with E-state index in [1.165, 1.54) is 0 Å². The van der Waals surface area contributed by atoms with Crippen LogP contribution in [-0.4, -0.2) is 17.3 Å². The number of hydrogen-bond donors (Lipinski definition) is 1. The minimum atomic E-state index is 0.502. The molecule has 1 N–H and O–H groups in total. The van der Waals surface area contributed by atoms with E-state index in [1.807, 2.05) is 36.4 Å². The molecule has 0 saturated heterocycles. The van der Waals surface area contributed by atoms with E-state index < -0.39 is 0 Å². The summed E-state index contributed by atoms with van der Waals surface area (Å²) < 4.78 is 11.9. The molecule has 0 aliphatic carbocycles. The number of benzene rings is 2. The van der Waals surface area contributed by atoms with E-state index in [9.17, 15) is 0 Å². The van der Waals surface area contributed by atoms with Crippen molar-refractivity contribution < 1.29 is 9.47 Å². The maximum absolute atomic E-state index is 5.84. The van der Waals surface area contributed by atoms with Gasteiger partial charge in [0.2, 0.25) is 0 Å². The van der Waals surface area contributed by atoms with Crippen molar-refractivity contribution in [3.63, 3.8) is 0 Å². The molecule has 0 aliphatic rings. The van der Waals surface area contributed by atoms with Gasteiger partial charge < -0.3 is 9.47 Å². The number of nitrogens with zero attached hydrogens (tertiary/aromatic N) is 1. The highest BCUT2D eigenvalue weighted by Gasteiger charge is 2.06. The van der Waals surface area contributed by atoms with Gasteiger partial charge in [0.15, 0.2) is 0 Å². The Morgan fingerprint density at radius 3 is 2.75 bits per heavy atom. The molecule has 0 unspecified atom stereocenters. The fourth-order valence-corrected chi connectivity index (χ4v) is 2.41. The van der Waals surface area contributed by atoms with E-state index in [0.29, 0.717) is 6.61 Å². The van der Waals surface area contributed by atoms with E-state index in [4.69, 9.17) is 9.47 Å². The van der Waals surface area contributed by atoms with Gasteiger partial charge in [-0.2, -0.15) is 5.10 Å². The SMILES string of the molecule is COc1ccc(COc2cc3[nH]ncc3cc2Br)cc1. The molecule has 2 aromatic carbocycles. The maximum Gasteiger partial charge on any atom is 0.136 e. The quantitative estimate of drug-likeness (QED) is 0.787. The van der Waals surface area contributed by atoms with Gasteiger partial charge in [-0.25, -0.2) is 0 Å². The number of fused-ring (bicyclic) bond motifs is 1. The van der Waals surface area contributed by atoms with Crippen LogP contribution in [0.4, 0.5) is 0 Å². The van der Waals surface area contributed by atoms with Crippen molar-refractivity contribution in [2.45, 2.75) is 6.61 Å². The molecule has 0 spiro atoms. The van der Waals surface area contributed by atoms with Gasteiger partial charge >= 0.3 is 0 Å². The summed E-state index contributed by atoms with van der Waals surface area (Å²) in [6.07, 6.45) is 1.79. The molecule has 3 rings (SSSR count). The summed E-state index contributed by atoms with van der Waals surface area (Å²) in [7, 11) is 1.65. The van der Waals surface area contributed by atoms with Gasteiger partial charge in [-0.3, -0.25) is 5.10 Å². The topological polar surface area (TPSA) is 47.1 Å². The predicted octanol–water partition coefficient (Wildman–Crippen LogP) is 3.91. The first-order valence-electron chi connectivity index (χ1n) is 6.14. The summed E-state index contributed by atoms with van der Waals surface area (Å²) in [5, 5.41) is 7.99. The number of nitrogens with one attached hydrogen (secondary N) is 1. The predicted molar refractivity (Wildman–Crippen MR) is 81.1 cm³/mol. The fourth-order valence-electron chi connectivity index (χ4n) is 1.94. The lowest BCUT2D eigenvalue weighted by Crippen LogP contribution is -1.96. The fraction of sp³-hybridized carbons (Fsp3) is 0.133. The second-order valence-corrected chi connectivity index (χ2v) is 5.23. The van der Waals surface area contributed by atoms with Gasteiger partial charge in [0, 0.05) is 11.5 Å². The molecule has 0 amide bonds. The normalized spacial score (nSPS) is 10.7. The summed E-state index contributed by atoms with van der Waals surface area (Å²) in [6, 6.07) is 11.7. The van der Waals surface area contributed by atoms with E-state index in [1.54, 1.807) is 13.3 Å². The average Bonchev–Trinajstić information content (AvgIpc) is 2.92. The lowest BCUT2D eigenvalue weighted by atomic mass is 10.2. The van der Waals surface area contributed by atoms with Gasteiger partial charge in [-0.15, -0.1) is 0 Å². The highest BCUT2D eigenvalue weighted by molar-refractivity contribution is 9.10. The van der Waals surface area contributed by atoms with E-state index in [2.05, 4.69) is 26.1 Å². The van der Waals surface area contributed by atoms with Crippen molar-refractivity contribution in [3.8, 4) is 11.5 Å². The minimum Gasteiger partial charge on any atom is -0.497 e. The number of aromatic amines is 1.